The highest BCUT2D eigenvalue weighted by atomic mass is 32.2. The first-order chi connectivity index (χ1) is 8.66. The molecule has 0 bridgehead atoms. The Morgan fingerprint density at radius 2 is 1.89 bits per heavy atom. The lowest BCUT2D eigenvalue weighted by Gasteiger charge is -2.19. The number of amides is 1. The summed E-state index contributed by atoms with van der Waals surface area (Å²) < 4.78 is 38.1. The van der Waals surface area contributed by atoms with Gasteiger partial charge in [-0.3, -0.25) is 4.79 Å². The van der Waals surface area contributed by atoms with Gasteiger partial charge >= 0.3 is 0 Å². The Bertz CT molecular complexity index is 587. The van der Waals surface area contributed by atoms with E-state index in [2.05, 4.69) is 0 Å². The molecule has 1 aromatic rings. The van der Waals surface area contributed by atoms with E-state index in [1.807, 2.05) is 0 Å². The van der Waals surface area contributed by atoms with Crippen molar-refractivity contribution < 1.29 is 17.6 Å². The summed E-state index contributed by atoms with van der Waals surface area (Å²) in [6, 6.07) is 3.01. The van der Waals surface area contributed by atoms with Crippen LogP contribution in [-0.2, 0) is 14.8 Å². The number of anilines is 1. The van der Waals surface area contributed by atoms with Crippen LogP contribution in [0.2, 0.25) is 0 Å². The van der Waals surface area contributed by atoms with E-state index in [9.17, 15) is 17.6 Å². The molecule has 106 valence electrons. The monoisotopic (exact) mass is 289 g/mol. The Hall–Kier alpha value is -1.67. The molecule has 2 N–H and O–H groups in total. The summed E-state index contributed by atoms with van der Waals surface area (Å²) in [4.78, 5) is 12.6. The van der Waals surface area contributed by atoms with Crippen molar-refractivity contribution in [3.05, 3.63) is 24.0 Å². The van der Waals surface area contributed by atoms with E-state index in [4.69, 9.17) is 5.73 Å². The summed E-state index contributed by atoms with van der Waals surface area (Å²) in [5, 5.41) is 0. The predicted octanol–water partition coefficient (Wildman–Crippen LogP) is 0.117. The van der Waals surface area contributed by atoms with E-state index in [1.165, 1.54) is 26.0 Å². The highest BCUT2D eigenvalue weighted by Crippen LogP contribution is 2.22. The minimum atomic E-state index is -3.92. The number of nitrogens with two attached hydrogens (primary N) is 1. The van der Waals surface area contributed by atoms with Crippen LogP contribution in [0.3, 0.4) is 0 Å². The summed E-state index contributed by atoms with van der Waals surface area (Å²) in [5.41, 5.74) is 5.30. The third kappa shape index (κ3) is 3.42. The van der Waals surface area contributed by atoms with Crippen molar-refractivity contribution >= 4 is 21.6 Å². The van der Waals surface area contributed by atoms with E-state index < -0.39 is 15.8 Å². The van der Waals surface area contributed by atoms with Gasteiger partial charge in [0.2, 0.25) is 15.9 Å². The van der Waals surface area contributed by atoms with Crippen LogP contribution >= 0.6 is 0 Å². The molecular weight excluding hydrogens is 273 g/mol. The van der Waals surface area contributed by atoms with E-state index in [1.54, 1.807) is 0 Å². The van der Waals surface area contributed by atoms with Crippen molar-refractivity contribution in [3.63, 3.8) is 0 Å². The second kappa shape index (κ2) is 5.54. The van der Waals surface area contributed by atoms with Crippen molar-refractivity contribution in [1.82, 2.24) is 9.21 Å². The second-order valence-corrected chi connectivity index (χ2v) is 6.24. The highest BCUT2D eigenvalue weighted by Gasteiger charge is 2.25. The van der Waals surface area contributed by atoms with Crippen LogP contribution in [0.25, 0.3) is 0 Å². The van der Waals surface area contributed by atoms with Gasteiger partial charge in [0.25, 0.3) is 0 Å². The van der Waals surface area contributed by atoms with Crippen molar-refractivity contribution in [1.29, 1.82) is 0 Å². The third-order valence-corrected chi connectivity index (χ3v) is 4.39. The molecule has 0 saturated heterocycles. The Balaban J connectivity index is 3.07. The molecule has 0 atom stereocenters. The topological polar surface area (TPSA) is 83.7 Å². The zero-order valence-corrected chi connectivity index (χ0v) is 11.7. The Kier molecular flexibility index (Phi) is 4.48. The molecule has 0 aliphatic carbocycles. The van der Waals surface area contributed by atoms with Crippen LogP contribution in [0, 0.1) is 5.82 Å². The van der Waals surface area contributed by atoms with Crippen molar-refractivity contribution in [2.24, 2.45) is 0 Å². The van der Waals surface area contributed by atoms with Gasteiger partial charge in [0, 0.05) is 21.1 Å². The molecule has 0 spiro atoms. The first-order valence-electron chi connectivity index (χ1n) is 5.37. The van der Waals surface area contributed by atoms with Gasteiger partial charge in [-0.15, -0.1) is 0 Å². The average Bonchev–Trinajstić information content (AvgIpc) is 2.27. The standard InChI is InChI=1S/C11H16FN3O3S/c1-14(2)11(16)7-15(3)19(17,18)10-5-4-8(12)6-9(10)13/h4-6H,7,13H2,1-3H3. The summed E-state index contributed by atoms with van der Waals surface area (Å²) >= 11 is 0. The Morgan fingerprint density at radius 1 is 1.32 bits per heavy atom. The maximum atomic E-state index is 12.9. The van der Waals surface area contributed by atoms with Gasteiger partial charge < -0.3 is 10.6 Å². The Morgan fingerprint density at radius 3 is 2.37 bits per heavy atom. The van der Waals surface area contributed by atoms with Crippen LogP contribution < -0.4 is 5.73 Å². The maximum Gasteiger partial charge on any atom is 0.245 e. The fraction of sp³-hybridized carbons (Fsp3) is 0.364. The molecule has 0 aliphatic rings. The number of rotatable bonds is 4. The van der Waals surface area contributed by atoms with Crippen LogP contribution in [0.1, 0.15) is 0 Å². The number of hydrogen-bond acceptors (Lipinski definition) is 4. The van der Waals surface area contributed by atoms with Gasteiger partial charge in [-0.1, -0.05) is 0 Å². The van der Waals surface area contributed by atoms with Gasteiger partial charge in [0.15, 0.2) is 0 Å². The van der Waals surface area contributed by atoms with Crippen molar-refractivity contribution in [2.75, 3.05) is 33.4 Å². The molecule has 19 heavy (non-hydrogen) atoms. The number of hydrogen-bond donors (Lipinski definition) is 1. The molecular formula is C11H16FN3O3S. The molecule has 1 amide bonds. The van der Waals surface area contributed by atoms with E-state index >= 15 is 0 Å². The molecule has 0 radical (unpaired) electrons. The minimum absolute atomic E-state index is 0.191. The molecule has 1 rings (SSSR count). The summed E-state index contributed by atoms with van der Waals surface area (Å²) in [5.74, 6) is -0.991. The van der Waals surface area contributed by atoms with E-state index in [-0.39, 0.29) is 23.0 Å². The summed E-state index contributed by atoms with van der Waals surface area (Å²) in [6.45, 7) is -0.313. The highest BCUT2D eigenvalue weighted by molar-refractivity contribution is 7.89. The lowest BCUT2D eigenvalue weighted by Crippen LogP contribution is -2.37. The zero-order chi connectivity index (χ0) is 14.8. The fourth-order valence-electron chi connectivity index (χ4n) is 1.34. The van der Waals surface area contributed by atoms with Crippen LogP contribution in [0.4, 0.5) is 10.1 Å². The molecule has 0 saturated carbocycles. The first kappa shape index (κ1) is 15.4. The quantitative estimate of drug-likeness (QED) is 0.798. The van der Waals surface area contributed by atoms with Crippen LogP contribution in [0.5, 0.6) is 0 Å². The van der Waals surface area contributed by atoms with Gasteiger partial charge in [-0.25, -0.2) is 12.8 Å². The maximum absolute atomic E-state index is 12.9. The molecule has 0 heterocycles. The van der Waals surface area contributed by atoms with Gasteiger partial charge in [-0.05, 0) is 18.2 Å². The number of likely N-dealkylation sites (N-methyl/N-ethyl adjacent to an activating group) is 2. The smallest absolute Gasteiger partial charge is 0.245 e. The van der Waals surface area contributed by atoms with Gasteiger partial charge in [-0.2, -0.15) is 4.31 Å². The van der Waals surface area contributed by atoms with Crippen LogP contribution in [0.15, 0.2) is 23.1 Å². The average molecular weight is 289 g/mol. The van der Waals surface area contributed by atoms with Crippen molar-refractivity contribution in [3.8, 4) is 0 Å². The van der Waals surface area contributed by atoms with Gasteiger partial charge in [0.1, 0.15) is 10.7 Å². The predicted molar refractivity (Wildman–Crippen MR) is 69.3 cm³/mol. The second-order valence-electron chi connectivity index (χ2n) is 4.23. The van der Waals surface area contributed by atoms with Gasteiger partial charge in [0.05, 0.1) is 12.2 Å². The lowest BCUT2D eigenvalue weighted by molar-refractivity contribution is -0.128. The fourth-order valence-corrected chi connectivity index (χ4v) is 2.55. The normalized spacial score (nSPS) is 11.6. The molecule has 6 nitrogen and oxygen atoms in total. The molecule has 0 aromatic heterocycles. The molecule has 0 aliphatic heterocycles. The number of halogens is 1. The number of nitrogen functional groups attached to an aromatic ring is 1. The Labute approximate surface area is 111 Å². The van der Waals surface area contributed by atoms with Crippen molar-refractivity contribution in [2.45, 2.75) is 4.90 Å². The largest absolute Gasteiger partial charge is 0.398 e. The summed E-state index contributed by atoms with van der Waals surface area (Å²) in [6.07, 6.45) is 0. The first-order valence-corrected chi connectivity index (χ1v) is 6.81. The zero-order valence-electron chi connectivity index (χ0n) is 10.9. The molecule has 8 heteroatoms. The van der Waals surface area contributed by atoms with E-state index in [0.29, 0.717) is 0 Å². The minimum Gasteiger partial charge on any atom is -0.398 e. The van der Waals surface area contributed by atoms with E-state index in [0.717, 1.165) is 22.5 Å². The summed E-state index contributed by atoms with van der Waals surface area (Å²) in [7, 11) is 0.388. The SMILES string of the molecule is CN(C)C(=O)CN(C)S(=O)(=O)c1ccc(F)cc1N. The number of benzene rings is 1. The molecule has 1 aromatic carbocycles. The number of carbonyl (C=O) groups excluding carboxylic acids is 1. The molecule has 0 fully saturated rings. The molecule has 0 unspecified atom stereocenters. The number of nitrogens with zero attached hydrogens (tertiary/aromatic N) is 2. The number of carbonyl (C=O) groups is 1. The number of sulfonamides is 1. The lowest BCUT2D eigenvalue weighted by atomic mass is 10.3. The third-order valence-electron chi connectivity index (χ3n) is 2.52. The van der Waals surface area contributed by atoms with Crippen LogP contribution in [-0.4, -0.2) is 51.2 Å².